The summed E-state index contributed by atoms with van der Waals surface area (Å²) in [5.74, 6) is -1.41. The zero-order chi connectivity index (χ0) is 15.2. The van der Waals surface area contributed by atoms with E-state index in [0.717, 1.165) is 6.42 Å². The molecule has 0 bridgehead atoms. The Morgan fingerprint density at radius 2 is 2.24 bits per heavy atom. The molecule has 2 amide bonds. The van der Waals surface area contributed by atoms with Gasteiger partial charge in [-0.1, -0.05) is 0 Å². The maximum Gasteiger partial charge on any atom is 0.311 e. The highest BCUT2D eigenvalue weighted by atomic mass is 32.2. The van der Waals surface area contributed by atoms with E-state index in [0.29, 0.717) is 12.2 Å². The summed E-state index contributed by atoms with van der Waals surface area (Å²) in [6, 6.07) is -1.03. The average Bonchev–Trinajstić information content (AvgIpc) is 3.06. The normalized spacial score (nSPS) is 38.6. The molecule has 3 fully saturated rings. The third-order valence-electron chi connectivity index (χ3n) is 4.47. The Kier molecular flexibility index (Phi) is 3.61. The largest absolute Gasteiger partial charge is 0.481 e. The van der Waals surface area contributed by atoms with Gasteiger partial charge in [-0.3, -0.25) is 14.4 Å². The fraction of sp³-hybridized carbons (Fsp3) is 0.769. The quantitative estimate of drug-likeness (QED) is 0.740. The molecule has 3 aliphatic rings. The number of hydrogen-bond donors (Lipinski definition) is 2. The van der Waals surface area contributed by atoms with Crippen LogP contribution in [0.3, 0.4) is 0 Å². The molecule has 0 radical (unpaired) electrons. The van der Waals surface area contributed by atoms with Crippen molar-refractivity contribution >= 4 is 29.5 Å². The molecule has 116 valence electrons. The van der Waals surface area contributed by atoms with Crippen LogP contribution in [0.15, 0.2) is 0 Å². The molecular weight excluding hydrogens is 296 g/mol. The van der Waals surface area contributed by atoms with Gasteiger partial charge < -0.3 is 20.1 Å². The Balaban J connectivity index is 1.69. The molecule has 3 aliphatic heterocycles. The van der Waals surface area contributed by atoms with Crippen LogP contribution in [0.25, 0.3) is 0 Å². The molecule has 3 rings (SSSR count). The summed E-state index contributed by atoms with van der Waals surface area (Å²) in [4.78, 5) is 36.9. The van der Waals surface area contributed by atoms with Crippen LogP contribution >= 0.6 is 11.8 Å². The number of amides is 2. The molecule has 21 heavy (non-hydrogen) atoms. The Bertz CT molecular complexity index is 499. The zero-order valence-corrected chi connectivity index (χ0v) is 12.5. The van der Waals surface area contributed by atoms with Gasteiger partial charge in [-0.2, -0.15) is 0 Å². The predicted molar refractivity (Wildman–Crippen MR) is 74.6 cm³/mol. The van der Waals surface area contributed by atoms with Crippen LogP contribution in [-0.4, -0.2) is 63.7 Å². The molecule has 2 N–H and O–H groups in total. The van der Waals surface area contributed by atoms with Gasteiger partial charge in [-0.05, 0) is 13.3 Å². The van der Waals surface area contributed by atoms with E-state index in [4.69, 9.17) is 9.84 Å². The molecule has 4 atom stereocenters. The molecule has 0 aromatic carbocycles. The Morgan fingerprint density at radius 1 is 1.48 bits per heavy atom. The summed E-state index contributed by atoms with van der Waals surface area (Å²) >= 11 is 1.62. The Hall–Kier alpha value is -1.28. The molecule has 0 aromatic heterocycles. The summed E-state index contributed by atoms with van der Waals surface area (Å²) in [6.07, 6.45) is 1.22. The van der Waals surface area contributed by atoms with Crippen LogP contribution in [0.1, 0.15) is 19.8 Å². The van der Waals surface area contributed by atoms with Crippen molar-refractivity contribution in [2.75, 3.05) is 19.0 Å². The van der Waals surface area contributed by atoms with Crippen LogP contribution in [0.2, 0.25) is 0 Å². The van der Waals surface area contributed by atoms with Gasteiger partial charge in [-0.25, -0.2) is 0 Å². The van der Waals surface area contributed by atoms with Crippen LogP contribution < -0.4 is 5.32 Å². The van der Waals surface area contributed by atoms with Crippen molar-refractivity contribution in [2.24, 2.45) is 5.92 Å². The summed E-state index contributed by atoms with van der Waals surface area (Å²) in [6.45, 7) is 2.29. The smallest absolute Gasteiger partial charge is 0.311 e. The summed E-state index contributed by atoms with van der Waals surface area (Å²) < 4.78 is 5.14. The van der Waals surface area contributed by atoms with Gasteiger partial charge in [0.2, 0.25) is 11.8 Å². The van der Waals surface area contributed by atoms with Crippen molar-refractivity contribution in [3.8, 4) is 0 Å². The third kappa shape index (κ3) is 2.40. The molecular formula is C13H18N2O5S. The number of thioether (sulfide) groups is 1. The number of carbonyl (C=O) groups excluding carboxylic acids is 2. The zero-order valence-electron chi connectivity index (χ0n) is 11.7. The van der Waals surface area contributed by atoms with Crippen molar-refractivity contribution in [1.82, 2.24) is 10.2 Å². The summed E-state index contributed by atoms with van der Waals surface area (Å²) in [5, 5.41) is 11.8. The fourth-order valence-corrected chi connectivity index (χ4v) is 4.67. The van der Waals surface area contributed by atoms with Gasteiger partial charge in [0.25, 0.3) is 0 Å². The molecule has 0 aliphatic carbocycles. The van der Waals surface area contributed by atoms with E-state index in [1.165, 1.54) is 0 Å². The monoisotopic (exact) mass is 314 g/mol. The molecule has 7 nitrogen and oxygen atoms in total. The minimum atomic E-state index is -0.972. The van der Waals surface area contributed by atoms with Gasteiger partial charge in [0.15, 0.2) is 0 Å². The van der Waals surface area contributed by atoms with Crippen molar-refractivity contribution in [2.45, 2.75) is 36.7 Å². The van der Waals surface area contributed by atoms with E-state index < -0.39 is 24.0 Å². The second-order valence-electron chi connectivity index (χ2n) is 5.86. The topological polar surface area (TPSA) is 95.9 Å². The first kappa shape index (κ1) is 14.6. The van der Waals surface area contributed by atoms with Gasteiger partial charge >= 0.3 is 5.97 Å². The van der Waals surface area contributed by atoms with E-state index >= 15 is 0 Å². The molecule has 0 spiro atoms. The van der Waals surface area contributed by atoms with Crippen LogP contribution in [0.4, 0.5) is 0 Å². The standard InChI is InChI=1S/C13H18N2O5S/c1-13-3-2-10(16)15(13)9(6-21-13)11(17)14-8-5-20-4-7(8)12(18)19/h7-9H,2-6H2,1H3,(H,14,17)(H,18,19). The van der Waals surface area contributed by atoms with E-state index in [2.05, 4.69) is 5.32 Å². The van der Waals surface area contributed by atoms with Gasteiger partial charge in [-0.15, -0.1) is 11.8 Å². The number of nitrogens with zero attached hydrogens (tertiary/aromatic N) is 1. The maximum atomic E-state index is 12.4. The number of carboxylic acid groups (broad SMARTS) is 1. The number of aliphatic carboxylic acids is 1. The minimum Gasteiger partial charge on any atom is -0.481 e. The lowest BCUT2D eigenvalue weighted by Crippen LogP contribution is -2.54. The van der Waals surface area contributed by atoms with E-state index in [1.807, 2.05) is 6.92 Å². The first-order valence-corrected chi connectivity index (χ1v) is 7.98. The molecule has 8 heteroatoms. The van der Waals surface area contributed by atoms with Crippen molar-refractivity contribution < 1.29 is 24.2 Å². The summed E-state index contributed by atoms with van der Waals surface area (Å²) in [5.41, 5.74) is 0. The molecule has 4 unspecified atom stereocenters. The number of carboxylic acids is 1. The number of rotatable bonds is 3. The molecule has 0 aromatic rings. The van der Waals surface area contributed by atoms with Crippen LogP contribution in [0, 0.1) is 5.92 Å². The highest BCUT2D eigenvalue weighted by Crippen LogP contribution is 2.47. The van der Waals surface area contributed by atoms with Crippen molar-refractivity contribution in [3.05, 3.63) is 0 Å². The fourth-order valence-electron chi connectivity index (χ4n) is 3.23. The Morgan fingerprint density at radius 3 is 2.95 bits per heavy atom. The summed E-state index contributed by atoms with van der Waals surface area (Å²) in [7, 11) is 0. The second-order valence-corrected chi connectivity index (χ2v) is 7.36. The van der Waals surface area contributed by atoms with Crippen LogP contribution in [-0.2, 0) is 19.1 Å². The van der Waals surface area contributed by atoms with E-state index in [-0.39, 0.29) is 29.9 Å². The van der Waals surface area contributed by atoms with Crippen LogP contribution in [0.5, 0.6) is 0 Å². The number of hydrogen-bond acceptors (Lipinski definition) is 5. The number of fused-ring (bicyclic) bond motifs is 1. The number of carbonyl (C=O) groups is 3. The lowest BCUT2D eigenvalue weighted by molar-refractivity contribution is -0.143. The second kappa shape index (κ2) is 5.17. The van der Waals surface area contributed by atoms with Gasteiger partial charge in [0.1, 0.15) is 12.0 Å². The maximum absolute atomic E-state index is 12.4. The SMILES string of the molecule is CC12CCC(=O)N1C(C(=O)NC1COCC1C(=O)O)CS2. The number of ether oxygens (including phenoxy) is 1. The predicted octanol–water partition coefficient (Wildman–Crippen LogP) is -0.344. The van der Waals surface area contributed by atoms with E-state index in [9.17, 15) is 14.4 Å². The average molecular weight is 314 g/mol. The lowest BCUT2D eigenvalue weighted by atomic mass is 10.0. The third-order valence-corrected chi connectivity index (χ3v) is 5.98. The van der Waals surface area contributed by atoms with Crippen molar-refractivity contribution in [3.63, 3.8) is 0 Å². The lowest BCUT2D eigenvalue weighted by Gasteiger charge is -2.30. The minimum absolute atomic E-state index is 0.0000986. The number of nitrogens with one attached hydrogen (secondary N) is 1. The molecule has 0 saturated carbocycles. The van der Waals surface area contributed by atoms with E-state index in [1.54, 1.807) is 16.7 Å². The Labute approximate surface area is 126 Å². The highest BCUT2D eigenvalue weighted by Gasteiger charge is 2.53. The molecule has 3 heterocycles. The van der Waals surface area contributed by atoms with Gasteiger partial charge in [0, 0.05) is 12.2 Å². The first-order chi connectivity index (χ1) is 9.92. The van der Waals surface area contributed by atoms with Crippen molar-refractivity contribution in [1.29, 1.82) is 0 Å². The van der Waals surface area contributed by atoms with Gasteiger partial charge in [0.05, 0.1) is 24.1 Å². The molecule has 3 saturated heterocycles. The highest BCUT2D eigenvalue weighted by molar-refractivity contribution is 8.01. The first-order valence-electron chi connectivity index (χ1n) is 6.99.